The Bertz CT molecular complexity index is 293. The summed E-state index contributed by atoms with van der Waals surface area (Å²) in [5.41, 5.74) is 4.91. The van der Waals surface area contributed by atoms with Crippen molar-refractivity contribution in [3.8, 4) is 0 Å². The highest BCUT2D eigenvalue weighted by atomic mass is 16.4. The van der Waals surface area contributed by atoms with Crippen molar-refractivity contribution >= 4 is 17.9 Å². The van der Waals surface area contributed by atoms with Crippen LogP contribution in [0.25, 0.3) is 0 Å². The lowest BCUT2D eigenvalue weighted by molar-refractivity contribution is -0.140. The molecule has 0 aromatic heterocycles. The van der Waals surface area contributed by atoms with Gasteiger partial charge in [0.1, 0.15) is 6.04 Å². The third-order valence-electron chi connectivity index (χ3n) is 2.16. The maximum absolute atomic E-state index is 11.7. The van der Waals surface area contributed by atoms with Gasteiger partial charge in [-0.15, -0.1) is 0 Å². The summed E-state index contributed by atoms with van der Waals surface area (Å²) in [7, 11) is 0. The zero-order valence-electron chi connectivity index (χ0n) is 10.1. The average molecular weight is 245 g/mol. The first kappa shape index (κ1) is 15.2. The van der Waals surface area contributed by atoms with Gasteiger partial charge in [-0.3, -0.25) is 4.79 Å². The van der Waals surface area contributed by atoms with Crippen LogP contribution in [0.3, 0.4) is 0 Å². The Morgan fingerprint density at radius 2 is 1.94 bits per heavy atom. The van der Waals surface area contributed by atoms with Gasteiger partial charge in [-0.05, 0) is 13.3 Å². The zero-order valence-corrected chi connectivity index (χ0v) is 10.1. The Balaban J connectivity index is 4.47. The van der Waals surface area contributed by atoms with Crippen molar-refractivity contribution in [1.82, 2.24) is 10.2 Å². The fourth-order valence-electron chi connectivity index (χ4n) is 1.31. The van der Waals surface area contributed by atoms with Gasteiger partial charge in [0.2, 0.25) is 5.91 Å². The number of primary amides is 1. The molecule has 17 heavy (non-hydrogen) atoms. The van der Waals surface area contributed by atoms with Crippen LogP contribution >= 0.6 is 0 Å². The Morgan fingerprint density at radius 1 is 1.35 bits per heavy atom. The van der Waals surface area contributed by atoms with Crippen LogP contribution in [-0.2, 0) is 9.59 Å². The molecular formula is C10H19N3O4. The molecule has 98 valence electrons. The fraction of sp³-hybridized carbons (Fsp3) is 0.700. The van der Waals surface area contributed by atoms with Gasteiger partial charge in [0, 0.05) is 13.1 Å². The molecule has 7 heteroatoms. The molecule has 0 saturated carbocycles. The van der Waals surface area contributed by atoms with Gasteiger partial charge in [-0.25, -0.2) is 9.59 Å². The topological polar surface area (TPSA) is 113 Å². The summed E-state index contributed by atoms with van der Waals surface area (Å²) in [6.07, 6.45) is 0.361. The van der Waals surface area contributed by atoms with E-state index in [1.54, 1.807) is 6.92 Å². The standard InChI is InChI=1S/C10H19N3O4/c1-3-5-13(4-2)10(17)12-7(9(15)16)6-8(11)14/h7H,3-6H2,1-2H3,(H2,11,14)(H,12,17)(H,15,16). The smallest absolute Gasteiger partial charge is 0.326 e. The summed E-state index contributed by atoms with van der Waals surface area (Å²) in [6, 6.07) is -1.77. The number of amides is 3. The molecule has 7 nitrogen and oxygen atoms in total. The van der Waals surface area contributed by atoms with Crippen molar-refractivity contribution in [3.63, 3.8) is 0 Å². The number of nitrogens with two attached hydrogens (primary N) is 1. The van der Waals surface area contributed by atoms with Crippen LogP contribution in [0, 0.1) is 0 Å². The molecule has 0 saturated heterocycles. The van der Waals surface area contributed by atoms with Crippen LogP contribution in [0.5, 0.6) is 0 Å². The molecule has 0 heterocycles. The molecule has 3 amide bonds. The second-order valence-corrected chi connectivity index (χ2v) is 3.59. The van der Waals surface area contributed by atoms with Crippen LogP contribution in [0.2, 0.25) is 0 Å². The van der Waals surface area contributed by atoms with E-state index >= 15 is 0 Å². The number of nitrogens with zero attached hydrogens (tertiary/aromatic N) is 1. The van der Waals surface area contributed by atoms with E-state index in [1.807, 2.05) is 6.92 Å². The van der Waals surface area contributed by atoms with Crippen molar-refractivity contribution in [3.05, 3.63) is 0 Å². The van der Waals surface area contributed by atoms with Crippen LogP contribution in [0.1, 0.15) is 26.7 Å². The van der Waals surface area contributed by atoms with Crippen LogP contribution in [-0.4, -0.2) is 47.0 Å². The number of carbonyl (C=O) groups excluding carboxylic acids is 2. The van der Waals surface area contributed by atoms with Gasteiger partial charge in [0.25, 0.3) is 0 Å². The Labute approximate surface area is 100.0 Å². The van der Waals surface area contributed by atoms with Gasteiger partial charge in [-0.2, -0.15) is 0 Å². The summed E-state index contributed by atoms with van der Waals surface area (Å²) >= 11 is 0. The zero-order chi connectivity index (χ0) is 13.4. The number of rotatable bonds is 7. The maximum Gasteiger partial charge on any atom is 0.326 e. The van der Waals surface area contributed by atoms with E-state index in [0.29, 0.717) is 13.1 Å². The molecule has 4 N–H and O–H groups in total. The third kappa shape index (κ3) is 5.74. The Hall–Kier alpha value is -1.79. The molecule has 0 aliphatic heterocycles. The number of nitrogens with one attached hydrogen (secondary N) is 1. The van der Waals surface area contributed by atoms with Gasteiger partial charge < -0.3 is 21.1 Å². The minimum absolute atomic E-state index is 0.412. The minimum atomic E-state index is -1.27. The molecular weight excluding hydrogens is 226 g/mol. The normalized spacial score (nSPS) is 11.6. The molecule has 0 bridgehead atoms. The van der Waals surface area contributed by atoms with Crippen LogP contribution in [0.4, 0.5) is 4.79 Å². The van der Waals surface area contributed by atoms with Crippen LogP contribution in [0.15, 0.2) is 0 Å². The Morgan fingerprint density at radius 3 is 2.29 bits per heavy atom. The molecule has 0 rings (SSSR count). The third-order valence-corrected chi connectivity index (χ3v) is 2.16. The highest BCUT2D eigenvalue weighted by molar-refractivity contribution is 5.87. The number of carbonyl (C=O) groups is 3. The first-order valence-corrected chi connectivity index (χ1v) is 5.48. The summed E-state index contributed by atoms with van der Waals surface area (Å²) < 4.78 is 0. The molecule has 0 spiro atoms. The van der Waals surface area contributed by atoms with E-state index in [9.17, 15) is 14.4 Å². The number of hydrogen-bond donors (Lipinski definition) is 3. The maximum atomic E-state index is 11.7. The van der Waals surface area contributed by atoms with E-state index in [-0.39, 0.29) is 0 Å². The average Bonchev–Trinajstić information content (AvgIpc) is 2.23. The van der Waals surface area contributed by atoms with E-state index < -0.39 is 30.4 Å². The van der Waals surface area contributed by atoms with Crippen molar-refractivity contribution in [2.45, 2.75) is 32.7 Å². The number of urea groups is 1. The van der Waals surface area contributed by atoms with Gasteiger partial charge >= 0.3 is 12.0 Å². The predicted octanol–water partition coefficient (Wildman–Crippen LogP) is -0.243. The van der Waals surface area contributed by atoms with E-state index in [0.717, 1.165) is 6.42 Å². The second-order valence-electron chi connectivity index (χ2n) is 3.59. The summed E-state index contributed by atoms with van der Waals surface area (Å²) in [4.78, 5) is 34.6. The summed E-state index contributed by atoms with van der Waals surface area (Å²) in [6.45, 7) is 4.71. The molecule has 0 aliphatic rings. The number of carboxylic acid groups (broad SMARTS) is 1. The van der Waals surface area contributed by atoms with Gasteiger partial charge in [-0.1, -0.05) is 6.92 Å². The summed E-state index contributed by atoms with van der Waals surface area (Å²) in [5.74, 6) is -2.04. The second kappa shape index (κ2) is 7.48. The SMILES string of the molecule is CCCN(CC)C(=O)NC(CC(N)=O)C(=O)O. The number of hydrogen-bond acceptors (Lipinski definition) is 3. The van der Waals surface area contributed by atoms with Gasteiger partial charge in [0.15, 0.2) is 0 Å². The molecule has 0 aromatic rings. The van der Waals surface area contributed by atoms with Gasteiger partial charge in [0.05, 0.1) is 6.42 Å². The van der Waals surface area contributed by atoms with Crippen molar-refractivity contribution < 1.29 is 19.5 Å². The number of carboxylic acids is 1. The van der Waals surface area contributed by atoms with Crippen LogP contribution < -0.4 is 11.1 Å². The quantitative estimate of drug-likeness (QED) is 0.574. The first-order chi connectivity index (χ1) is 7.92. The highest BCUT2D eigenvalue weighted by Gasteiger charge is 2.23. The van der Waals surface area contributed by atoms with Crippen molar-refractivity contribution in [2.75, 3.05) is 13.1 Å². The fourth-order valence-corrected chi connectivity index (χ4v) is 1.31. The molecule has 1 unspecified atom stereocenters. The Kier molecular flexibility index (Phi) is 6.69. The van der Waals surface area contributed by atoms with E-state index in [2.05, 4.69) is 5.32 Å². The molecule has 0 aliphatic carbocycles. The van der Waals surface area contributed by atoms with E-state index in [4.69, 9.17) is 10.8 Å². The lowest BCUT2D eigenvalue weighted by Gasteiger charge is -2.22. The molecule has 0 fully saturated rings. The largest absolute Gasteiger partial charge is 0.480 e. The lowest BCUT2D eigenvalue weighted by Crippen LogP contribution is -2.49. The van der Waals surface area contributed by atoms with Crippen molar-refractivity contribution in [1.29, 1.82) is 0 Å². The first-order valence-electron chi connectivity index (χ1n) is 5.48. The lowest BCUT2D eigenvalue weighted by atomic mass is 10.2. The monoisotopic (exact) mass is 245 g/mol. The predicted molar refractivity (Wildman–Crippen MR) is 61.3 cm³/mol. The van der Waals surface area contributed by atoms with Crippen molar-refractivity contribution in [2.24, 2.45) is 5.73 Å². The molecule has 0 radical (unpaired) electrons. The minimum Gasteiger partial charge on any atom is -0.480 e. The van der Waals surface area contributed by atoms with E-state index in [1.165, 1.54) is 4.90 Å². The molecule has 0 aromatic carbocycles. The highest BCUT2D eigenvalue weighted by Crippen LogP contribution is 1.97. The number of aliphatic carboxylic acids is 1. The summed E-state index contributed by atoms with van der Waals surface area (Å²) in [5, 5.41) is 11.1. The molecule has 1 atom stereocenters.